The topological polar surface area (TPSA) is 33.2 Å². The van der Waals surface area contributed by atoms with E-state index in [4.69, 9.17) is 0 Å². The number of rotatable bonds is 3. The second-order valence-corrected chi connectivity index (χ2v) is 5.63. The predicted octanol–water partition coefficient (Wildman–Crippen LogP) is 2.99. The fourth-order valence-electron chi connectivity index (χ4n) is 2.19. The van der Waals surface area contributed by atoms with E-state index in [2.05, 4.69) is 4.98 Å². The molecule has 0 bridgehead atoms. The minimum absolute atomic E-state index is 0.0647. The summed E-state index contributed by atoms with van der Waals surface area (Å²) in [5.74, 6) is 0.281. The highest BCUT2D eigenvalue weighted by atomic mass is 32.2. The molecule has 1 atom stereocenters. The number of hydrogen-bond acceptors (Lipinski definition) is 3. The van der Waals surface area contributed by atoms with Crippen LogP contribution < -0.4 is 0 Å². The number of carbonyl (C=O) groups is 1. The lowest BCUT2D eigenvalue weighted by Crippen LogP contribution is -2.28. The molecular formula is C15H13FN2OS. The Morgan fingerprint density at radius 1 is 1.25 bits per heavy atom. The standard InChI is InChI=1S/C15H13FN2OS/c16-12-6-4-11(5-7-12)15-18(14(19)10-20-15)9-13-3-1-2-8-17-13/h1-8,15H,9-10H2. The molecule has 1 fully saturated rings. The number of pyridine rings is 1. The minimum Gasteiger partial charge on any atom is -0.320 e. The van der Waals surface area contributed by atoms with Crippen LogP contribution >= 0.6 is 11.8 Å². The Morgan fingerprint density at radius 3 is 2.75 bits per heavy atom. The Bertz CT molecular complexity index is 603. The zero-order chi connectivity index (χ0) is 13.9. The number of halogens is 1. The number of carbonyl (C=O) groups excluding carboxylic acids is 1. The normalized spacial score (nSPS) is 18.6. The smallest absolute Gasteiger partial charge is 0.234 e. The average molecular weight is 288 g/mol. The molecule has 0 saturated carbocycles. The summed E-state index contributed by atoms with van der Waals surface area (Å²) in [5.41, 5.74) is 1.80. The van der Waals surface area contributed by atoms with E-state index in [1.54, 1.807) is 35.0 Å². The zero-order valence-corrected chi connectivity index (χ0v) is 11.5. The van der Waals surface area contributed by atoms with E-state index in [1.165, 1.54) is 12.1 Å². The maximum atomic E-state index is 13.0. The van der Waals surface area contributed by atoms with Gasteiger partial charge in [-0.15, -0.1) is 11.8 Å². The number of thioether (sulfide) groups is 1. The monoisotopic (exact) mass is 288 g/mol. The van der Waals surface area contributed by atoms with Crippen molar-refractivity contribution in [3.8, 4) is 0 Å². The van der Waals surface area contributed by atoms with Crippen molar-refractivity contribution in [2.24, 2.45) is 0 Å². The van der Waals surface area contributed by atoms with Gasteiger partial charge in [0.05, 0.1) is 18.0 Å². The van der Waals surface area contributed by atoms with Crippen LogP contribution in [0.1, 0.15) is 16.6 Å². The third kappa shape index (κ3) is 2.67. The SMILES string of the molecule is O=C1CSC(c2ccc(F)cc2)N1Cc1ccccn1. The minimum atomic E-state index is -0.264. The van der Waals surface area contributed by atoms with E-state index in [-0.39, 0.29) is 17.1 Å². The summed E-state index contributed by atoms with van der Waals surface area (Å²) >= 11 is 1.56. The van der Waals surface area contributed by atoms with Crippen molar-refractivity contribution < 1.29 is 9.18 Å². The molecule has 1 aliphatic rings. The lowest BCUT2D eigenvalue weighted by Gasteiger charge is -2.23. The van der Waals surface area contributed by atoms with Gasteiger partial charge in [0.25, 0.3) is 0 Å². The Morgan fingerprint density at radius 2 is 2.05 bits per heavy atom. The van der Waals surface area contributed by atoms with Gasteiger partial charge in [-0.2, -0.15) is 0 Å². The highest BCUT2D eigenvalue weighted by molar-refractivity contribution is 8.00. The van der Waals surface area contributed by atoms with Crippen molar-refractivity contribution in [2.75, 3.05) is 5.75 Å². The number of benzene rings is 1. The molecule has 0 radical (unpaired) electrons. The van der Waals surface area contributed by atoms with Crippen LogP contribution in [0.3, 0.4) is 0 Å². The molecule has 20 heavy (non-hydrogen) atoms. The highest BCUT2D eigenvalue weighted by Crippen LogP contribution is 2.39. The van der Waals surface area contributed by atoms with Crippen molar-refractivity contribution in [2.45, 2.75) is 11.9 Å². The molecule has 2 aromatic rings. The molecule has 0 N–H and O–H groups in total. The predicted molar refractivity (Wildman–Crippen MR) is 76.4 cm³/mol. The van der Waals surface area contributed by atoms with Gasteiger partial charge in [0.2, 0.25) is 5.91 Å². The van der Waals surface area contributed by atoms with Gasteiger partial charge in [-0.05, 0) is 29.8 Å². The third-order valence-corrected chi connectivity index (χ3v) is 4.44. The first-order valence-corrected chi connectivity index (χ1v) is 7.35. The largest absolute Gasteiger partial charge is 0.320 e. The maximum absolute atomic E-state index is 13.0. The van der Waals surface area contributed by atoms with E-state index in [0.717, 1.165) is 11.3 Å². The number of hydrogen-bond donors (Lipinski definition) is 0. The van der Waals surface area contributed by atoms with E-state index in [1.807, 2.05) is 18.2 Å². The van der Waals surface area contributed by atoms with Crippen molar-refractivity contribution >= 4 is 17.7 Å². The van der Waals surface area contributed by atoms with Gasteiger partial charge in [0.15, 0.2) is 0 Å². The summed E-state index contributed by atoms with van der Waals surface area (Å²) in [6, 6.07) is 12.0. The fraction of sp³-hybridized carbons (Fsp3) is 0.200. The first kappa shape index (κ1) is 13.1. The lowest BCUT2D eigenvalue weighted by atomic mass is 10.2. The number of aromatic nitrogens is 1. The number of nitrogens with zero attached hydrogens (tertiary/aromatic N) is 2. The van der Waals surface area contributed by atoms with Crippen molar-refractivity contribution in [1.82, 2.24) is 9.88 Å². The molecule has 1 amide bonds. The first-order valence-electron chi connectivity index (χ1n) is 6.30. The van der Waals surface area contributed by atoms with Crippen molar-refractivity contribution in [1.29, 1.82) is 0 Å². The first-order chi connectivity index (χ1) is 9.74. The van der Waals surface area contributed by atoms with Crippen molar-refractivity contribution in [3.63, 3.8) is 0 Å². The van der Waals surface area contributed by atoms with Gasteiger partial charge in [-0.3, -0.25) is 9.78 Å². The highest BCUT2D eigenvalue weighted by Gasteiger charge is 2.32. The molecule has 102 valence electrons. The average Bonchev–Trinajstić information content (AvgIpc) is 2.83. The lowest BCUT2D eigenvalue weighted by molar-refractivity contribution is -0.128. The van der Waals surface area contributed by atoms with Crippen LogP contribution in [0.4, 0.5) is 4.39 Å². The summed E-state index contributed by atoms with van der Waals surface area (Å²) in [4.78, 5) is 18.1. The molecule has 1 aromatic carbocycles. The van der Waals surface area contributed by atoms with Crippen LogP contribution in [-0.4, -0.2) is 21.5 Å². The van der Waals surface area contributed by atoms with Crippen LogP contribution in [-0.2, 0) is 11.3 Å². The summed E-state index contributed by atoms with van der Waals surface area (Å²) in [6.07, 6.45) is 1.72. The van der Waals surface area contributed by atoms with Gasteiger partial charge in [0, 0.05) is 6.20 Å². The fourth-order valence-corrected chi connectivity index (χ4v) is 3.38. The molecule has 2 heterocycles. The molecule has 3 nitrogen and oxygen atoms in total. The molecule has 5 heteroatoms. The van der Waals surface area contributed by atoms with E-state index < -0.39 is 0 Å². The summed E-state index contributed by atoms with van der Waals surface area (Å²) in [5, 5.41) is -0.0647. The Hall–Kier alpha value is -1.88. The molecule has 0 aliphatic carbocycles. The molecule has 3 rings (SSSR count). The molecule has 0 spiro atoms. The van der Waals surface area contributed by atoms with Gasteiger partial charge in [-0.25, -0.2) is 4.39 Å². The van der Waals surface area contributed by atoms with Crippen LogP contribution in [0.5, 0.6) is 0 Å². The van der Waals surface area contributed by atoms with E-state index >= 15 is 0 Å². The second-order valence-electron chi connectivity index (χ2n) is 4.56. The van der Waals surface area contributed by atoms with Crippen molar-refractivity contribution in [3.05, 3.63) is 65.7 Å². The Balaban J connectivity index is 1.83. The Labute approximate surface area is 120 Å². The van der Waals surface area contributed by atoms with Gasteiger partial charge >= 0.3 is 0 Å². The quantitative estimate of drug-likeness (QED) is 0.870. The van der Waals surface area contributed by atoms with E-state index in [9.17, 15) is 9.18 Å². The number of amides is 1. The van der Waals surface area contributed by atoms with Gasteiger partial charge in [0.1, 0.15) is 11.2 Å². The third-order valence-electron chi connectivity index (χ3n) is 3.18. The van der Waals surface area contributed by atoms with Crippen LogP contribution in [0, 0.1) is 5.82 Å². The summed E-state index contributed by atoms with van der Waals surface area (Å²) in [7, 11) is 0. The van der Waals surface area contributed by atoms with Crippen LogP contribution in [0.2, 0.25) is 0 Å². The molecule has 1 aliphatic heterocycles. The second kappa shape index (κ2) is 5.63. The molecular weight excluding hydrogens is 275 g/mol. The summed E-state index contributed by atoms with van der Waals surface area (Å²) < 4.78 is 13.0. The van der Waals surface area contributed by atoms with Gasteiger partial charge in [-0.1, -0.05) is 18.2 Å². The summed E-state index contributed by atoms with van der Waals surface area (Å²) in [6.45, 7) is 0.481. The molecule has 1 unspecified atom stereocenters. The molecule has 1 saturated heterocycles. The van der Waals surface area contributed by atoms with Crippen LogP contribution in [0.15, 0.2) is 48.7 Å². The zero-order valence-electron chi connectivity index (χ0n) is 10.7. The van der Waals surface area contributed by atoms with Crippen LogP contribution in [0.25, 0.3) is 0 Å². The maximum Gasteiger partial charge on any atom is 0.234 e. The van der Waals surface area contributed by atoms with E-state index in [0.29, 0.717) is 12.3 Å². The molecule has 1 aromatic heterocycles. The van der Waals surface area contributed by atoms with Gasteiger partial charge < -0.3 is 4.90 Å². The Kier molecular flexibility index (Phi) is 3.69.